The van der Waals surface area contributed by atoms with Crippen LogP contribution in [0.3, 0.4) is 0 Å². The number of anilines is 1. The molecule has 0 aliphatic carbocycles. The van der Waals surface area contributed by atoms with Crippen LogP contribution >= 0.6 is 0 Å². The summed E-state index contributed by atoms with van der Waals surface area (Å²) in [5.41, 5.74) is 1.73. The number of nitrogens with one attached hydrogen (secondary N) is 1. The van der Waals surface area contributed by atoms with Crippen molar-refractivity contribution in [1.82, 2.24) is 0 Å². The minimum Gasteiger partial charge on any atom is -0.316 e. The van der Waals surface area contributed by atoms with Gasteiger partial charge in [-0.25, -0.2) is 0 Å². The number of benzene rings is 2. The molecule has 2 aromatic rings. The Hall–Kier alpha value is -2.69. The second-order valence-electron chi connectivity index (χ2n) is 4.68. The van der Waals surface area contributed by atoms with Crippen LogP contribution in [0.25, 0.3) is 0 Å². The first-order valence-corrected chi connectivity index (χ1v) is 6.75. The van der Waals surface area contributed by atoms with E-state index in [2.05, 4.69) is 12.2 Å². The zero-order chi connectivity index (χ0) is 15.2. The maximum atomic E-state index is 12.1. The lowest BCUT2D eigenvalue weighted by Gasteiger charge is -2.06. The standard InChI is InChI=1S/C16H16N2O3/c1-2-5-12-8-10-13(11-9-12)16(19)17-14-6-3-4-7-15(14)18(20)21/h3-4,6-11H,2,5H2,1H3,(H,17,19). The highest BCUT2D eigenvalue weighted by molar-refractivity contribution is 6.05. The van der Waals surface area contributed by atoms with E-state index in [0.29, 0.717) is 5.56 Å². The summed E-state index contributed by atoms with van der Waals surface area (Å²) in [5.74, 6) is -0.354. The predicted octanol–water partition coefficient (Wildman–Crippen LogP) is 3.80. The molecule has 0 heterocycles. The summed E-state index contributed by atoms with van der Waals surface area (Å²) < 4.78 is 0. The molecular formula is C16H16N2O3. The van der Waals surface area contributed by atoms with Gasteiger partial charge in [0, 0.05) is 11.6 Å². The normalized spacial score (nSPS) is 10.1. The van der Waals surface area contributed by atoms with Gasteiger partial charge in [0.15, 0.2) is 0 Å². The Morgan fingerprint density at radius 3 is 2.43 bits per heavy atom. The Morgan fingerprint density at radius 2 is 1.81 bits per heavy atom. The van der Waals surface area contributed by atoms with E-state index in [1.54, 1.807) is 24.3 Å². The van der Waals surface area contributed by atoms with Gasteiger partial charge in [-0.05, 0) is 30.2 Å². The first-order valence-electron chi connectivity index (χ1n) is 6.75. The van der Waals surface area contributed by atoms with Crippen LogP contribution in [-0.4, -0.2) is 10.8 Å². The Morgan fingerprint density at radius 1 is 1.14 bits per heavy atom. The highest BCUT2D eigenvalue weighted by Crippen LogP contribution is 2.23. The van der Waals surface area contributed by atoms with E-state index in [9.17, 15) is 14.9 Å². The van der Waals surface area contributed by atoms with Crippen LogP contribution in [0.5, 0.6) is 0 Å². The van der Waals surface area contributed by atoms with E-state index in [1.165, 1.54) is 17.7 Å². The zero-order valence-corrected chi connectivity index (χ0v) is 11.7. The third-order valence-corrected chi connectivity index (χ3v) is 3.10. The van der Waals surface area contributed by atoms with Crippen molar-refractivity contribution in [2.45, 2.75) is 19.8 Å². The predicted molar refractivity (Wildman–Crippen MR) is 81.5 cm³/mol. The molecule has 0 fully saturated rings. The summed E-state index contributed by atoms with van der Waals surface area (Å²) in [4.78, 5) is 22.5. The van der Waals surface area contributed by atoms with Gasteiger partial charge < -0.3 is 5.32 Å². The highest BCUT2D eigenvalue weighted by Gasteiger charge is 2.15. The van der Waals surface area contributed by atoms with Gasteiger partial charge in [-0.1, -0.05) is 37.6 Å². The van der Waals surface area contributed by atoms with Crippen molar-refractivity contribution in [1.29, 1.82) is 0 Å². The van der Waals surface area contributed by atoms with Gasteiger partial charge in [-0.2, -0.15) is 0 Å². The molecule has 0 unspecified atom stereocenters. The van der Waals surface area contributed by atoms with E-state index < -0.39 is 4.92 Å². The summed E-state index contributed by atoms with van der Waals surface area (Å²) in [6.45, 7) is 2.09. The maximum Gasteiger partial charge on any atom is 0.292 e. The smallest absolute Gasteiger partial charge is 0.292 e. The molecule has 5 heteroatoms. The molecule has 0 atom stereocenters. The van der Waals surface area contributed by atoms with Crippen molar-refractivity contribution in [2.24, 2.45) is 0 Å². The van der Waals surface area contributed by atoms with Crippen LogP contribution < -0.4 is 5.32 Å². The summed E-state index contributed by atoms with van der Waals surface area (Å²) >= 11 is 0. The number of nitrogens with zero attached hydrogens (tertiary/aromatic N) is 1. The molecule has 0 spiro atoms. The Balaban J connectivity index is 2.16. The molecule has 0 aliphatic heterocycles. The van der Waals surface area contributed by atoms with Gasteiger partial charge in [-0.3, -0.25) is 14.9 Å². The zero-order valence-electron chi connectivity index (χ0n) is 11.7. The van der Waals surface area contributed by atoms with Crippen LogP contribution in [0.4, 0.5) is 11.4 Å². The number of carbonyl (C=O) groups is 1. The molecule has 0 aromatic heterocycles. The van der Waals surface area contributed by atoms with E-state index >= 15 is 0 Å². The van der Waals surface area contributed by atoms with Crippen LogP contribution in [0.2, 0.25) is 0 Å². The van der Waals surface area contributed by atoms with E-state index in [1.807, 2.05) is 12.1 Å². The molecule has 0 aliphatic rings. The summed E-state index contributed by atoms with van der Waals surface area (Å²) in [6, 6.07) is 13.3. The molecule has 0 radical (unpaired) electrons. The molecule has 2 aromatic carbocycles. The molecule has 1 N–H and O–H groups in total. The van der Waals surface area contributed by atoms with E-state index in [0.717, 1.165) is 12.8 Å². The largest absolute Gasteiger partial charge is 0.316 e. The third kappa shape index (κ3) is 3.66. The number of nitro benzene ring substituents is 1. The SMILES string of the molecule is CCCc1ccc(C(=O)Nc2ccccc2[N+](=O)[O-])cc1. The average Bonchev–Trinajstić information content (AvgIpc) is 2.48. The Kier molecular flexibility index (Phi) is 4.66. The molecular weight excluding hydrogens is 268 g/mol. The number of carbonyl (C=O) groups excluding carboxylic acids is 1. The van der Waals surface area contributed by atoms with E-state index in [4.69, 9.17) is 0 Å². The fourth-order valence-corrected chi connectivity index (χ4v) is 2.04. The van der Waals surface area contributed by atoms with Gasteiger partial charge in [0.25, 0.3) is 11.6 Å². The van der Waals surface area contributed by atoms with Gasteiger partial charge in [0.2, 0.25) is 0 Å². The first-order chi connectivity index (χ1) is 10.1. The van der Waals surface area contributed by atoms with Crippen molar-refractivity contribution in [3.63, 3.8) is 0 Å². The monoisotopic (exact) mass is 284 g/mol. The van der Waals surface area contributed by atoms with Gasteiger partial charge >= 0.3 is 0 Å². The molecule has 0 bridgehead atoms. The first kappa shape index (κ1) is 14.7. The topological polar surface area (TPSA) is 72.2 Å². The number of nitro groups is 1. The number of hydrogen-bond donors (Lipinski definition) is 1. The quantitative estimate of drug-likeness (QED) is 0.670. The van der Waals surface area contributed by atoms with Crippen LogP contribution in [0, 0.1) is 10.1 Å². The summed E-state index contributed by atoms with van der Waals surface area (Å²) in [7, 11) is 0. The number of aryl methyl sites for hydroxylation is 1. The summed E-state index contributed by atoms with van der Waals surface area (Å²) in [5, 5.41) is 13.5. The maximum absolute atomic E-state index is 12.1. The van der Waals surface area contributed by atoms with Crippen molar-refractivity contribution in [3.05, 3.63) is 69.8 Å². The van der Waals surface area contributed by atoms with Crippen LogP contribution in [-0.2, 0) is 6.42 Å². The van der Waals surface area contributed by atoms with Crippen molar-refractivity contribution in [3.8, 4) is 0 Å². The molecule has 21 heavy (non-hydrogen) atoms. The highest BCUT2D eigenvalue weighted by atomic mass is 16.6. The molecule has 0 saturated carbocycles. The van der Waals surface area contributed by atoms with Crippen LogP contribution in [0.15, 0.2) is 48.5 Å². The lowest BCUT2D eigenvalue weighted by Crippen LogP contribution is -2.13. The molecule has 108 valence electrons. The second kappa shape index (κ2) is 6.65. The Labute approximate surface area is 122 Å². The van der Waals surface area contributed by atoms with Crippen LogP contribution in [0.1, 0.15) is 29.3 Å². The number of para-hydroxylation sites is 2. The van der Waals surface area contributed by atoms with Gasteiger partial charge in [0.1, 0.15) is 5.69 Å². The molecule has 0 saturated heterocycles. The second-order valence-corrected chi connectivity index (χ2v) is 4.68. The number of hydrogen-bond acceptors (Lipinski definition) is 3. The van der Waals surface area contributed by atoms with Crippen molar-refractivity contribution in [2.75, 3.05) is 5.32 Å². The molecule has 1 amide bonds. The van der Waals surface area contributed by atoms with Crippen molar-refractivity contribution >= 4 is 17.3 Å². The lowest BCUT2D eigenvalue weighted by molar-refractivity contribution is -0.383. The Bertz CT molecular complexity index is 651. The van der Waals surface area contributed by atoms with Gasteiger partial charge in [-0.15, -0.1) is 0 Å². The average molecular weight is 284 g/mol. The third-order valence-electron chi connectivity index (χ3n) is 3.10. The fourth-order valence-electron chi connectivity index (χ4n) is 2.04. The minimum atomic E-state index is -0.514. The minimum absolute atomic E-state index is 0.117. The molecule has 5 nitrogen and oxygen atoms in total. The van der Waals surface area contributed by atoms with Crippen molar-refractivity contribution < 1.29 is 9.72 Å². The lowest BCUT2D eigenvalue weighted by atomic mass is 10.1. The summed E-state index contributed by atoms with van der Waals surface area (Å²) in [6.07, 6.45) is 2.01. The van der Waals surface area contributed by atoms with Gasteiger partial charge in [0.05, 0.1) is 4.92 Å². The number of rotatable bonds is 5. The van der Waals surface area contributed by atoms with E-state index in [-0.39, 0.29) is 17.3 Å². The number of amides is 1. The molecule has 2 rings (SSSR count). The fraction of sp³-hybridized carbons (Fsp3) is 0.188.